The number of nitrogens with one attached hydrogen (secondary N) is 2. The number of hydrogen-bond acceptors (Lipinski definition) is 3. The van der Waals surface area contributed by atoms with Crippen molar-refractivity contribution in [3.05, 3.63) is 34.9 Å². The summed E-state index contributed by atoms with van der Waals surface area (Å²) in [6, 6.07) is 3.71. The Balaban J connectivity index is 1.76. The molecule has 106 valence electrons. The van der Waals surface area contributed by atoms with Crippen molar-refractivity contribution in [2.24, 2.45) is 5.92 Å². The van der Waals surface area contributed by atoms with Crippen LogP contribution in [0.1, 0.15) is 24.0 Å². The van der Waals surface area contributed by atoms with Crippen LogP contribution in [-0.4, -0.2) is 19.0 Å². The summed E-state index contributed by atoms with van der Waals surface area (Å²) in [5.41, 5.74) is -0.141. The molecule has 1 saturated carbocycles. The number of carbonyl (C=O) groups excluding carboxylic acids is 1. The van der Waals surface area contributed by atoms with Gasteiger partial charge in [-0.15, -0.1) is 0 Å². The summed E-state index contributed by atoms with van der Waals surface area (Å²) in [4.78, 5) is 11.3. The van der Waals surface area contributed by atoms with E-state index in [-0.39, 0.29) is 29.5 Å². The molecule has 4 nitrogen and oxygen atoms in total. The van der Waals surface area contributed by atoms with Crippen LogP contribution in [0.25, 0.3) is 0 Å². The lowest BCUT2D eigenvalue weighted by Crippen LogP contribution is -2.32. The van der Waals surface area contributed by atoms with Crippen LogP contribution < -0.4 is 10.6 Å². The Labute approximate surface area is 115 Å². The van der Waals surface area contributed by atoms with Crippen molar-refractivity contribution < 1.29 is 13.6 Å². The lowest BCUT2D eigenvalue weighted by atomic mass is 10.1. The molecule has 1 aliphatic rings. The minimum Gasteiger partial charge on any atom is -0.355 e. The van der Waals surface area contributed by atoms with Crippen molar-refractivity contribution >= 4 is 5.91 Å². The number of rotatable bonds is 6. The summed E-state index contributed by atoms with van der Waals surface area (Å²) in [5, 5.41) is 14.2. The number of carbonyl (C=O) groups is 1. The largest absolute Gasteiger partial charge is 0.355 e. The molecular formula is C14H15F2N3O. The minimum absolute atomic E-state index is 0.0165. The van der Waals surface area contributed by atoms with Crippen molar-refractivity contribution in [3.63, 3.8) is 0 Å². The molecule has 0 bridgehead atoms. The monoisotopic (exact) mass is 279 g/mol. The van der Waals surface area contributed by atoms with Crippen molar-refractivity contribution in [2.75, 3.05) is 13.1 Å². The van der Waals surface area contributed by atoms with Gasteiger partial charge >= 0.3 is 0 Å². The van der Waals surface area contributed by atoms with Crippen LogP contribution in [-0.2, 0) is 11.3 Å². The molecule has 0 heterocycles. The van der Waals surface area contributed by atoms with E-state index in [0.717, 1.165) is 25.0 Å². The Morgan fingerprint density at radius 1 is 1.30 bits per heavy atom. The SMILES string of the molecule is N#Cc1cc(F)c(CNCCNC(=O)C2CC2)c(F)c1. The van der Waals surface area contributed by atoms with Gasteiger partial charge in [-0.3, -0.25) is 4.79 Å². The van der Waals surface area contributed by atoms with Crippen LogP contribution >= 0.6 is 0 Å². The summed E-state index contributed by atoms with van der Waals surface area (Å²) in [7, 11) is 0. The maximum absolute atomic E-state index is 13.5. The van der Waals surface area contributed by atoms with Crippen LogP contribution in [0.15, 0.2) is 12.1 Å². The fourth-order valence-corrected chi connectivity index (χ4v) is 1.81. The Morgan fingerprint density at radius 2 is 1.95 bits per heavy atom. The van der Waals surface area contributed by atoms with Gasteiger partial charge in [0.05, 0.1) is 11.6 Å². The molecule has 0 saturated heterocycles. The van der Waals surface area contributed by atoms with Gasteiger partial charge in [0.15, 0.2) is 0 Å². The van der Waals surface area contributed by atoms with Gasteiger partial charge in [-0.2, -0.15) is 5.26 Å². The first-order chi connectivity index (χ1) is 9.61. The molecule has 1 aromatic rings. The third kappa shape index (κ3) is 3.75. The van der Waals surface area contributed by atoms with Gasteiger partial charge in [0.1, 0.15) is 11.6 Å². The summed E-state index contributed by atoms with van der Waals surface area (Å²) >= 11 is 0. The van der Waals surface area contributed by atoms with Gasteiger partial charge in [-0.25, -0.2) is 8.78 Å². The molecule has 0 spiro atoms. The van der Waals surface area contributed by atoms with Crippen LogP contribution in [0, 0.1) is 28.9 Å². The van der Waals surface area contributed by atoms with E-state index >= 15 is 0 Å². The van der Waals surface area contributed by atoms with Gasteiger partial charge in [-0.05, 0) is 25.0 Å². The molecule has 20 heavy (non-hydrogen) atoms. The molecule has 0 unspecified atom stereocenters. The first-order valence-electron chi connectivity index (χ1n) is 6.48. The first-order valence-corrected chi connectivity index (χ1v) is 6.48. The number of benzene rings is 1. The zero-order valence-corrected chi connectivity index (χ0v) is 10.9. The van der Waals surface area contributed by atoms with E-state index in [9.17, 15) is 13.6 Å². The van der Waals surface area contributed by atoms with E-state index in [1.54, 1.807) is 6.07 Å². The van der Waals surface area contributed by atoms with Gasteiger partial charge < -0.3 is 10.6 Å². The highest BCUT2D eigenvalue weighted by Crippen LogP contribution is 2.28. The molecule has 0 aliphatic heterocycles. The molecule has 2 rings (SSSR count). The highest BCUT2D eigenvalue weighted by Gasteiger charge is 2.28. The smallest absolute Gasteiger partial charge is 0.223 e. The zero-order valence-electron chi connectivity index (χ0n) is 10.9. The minimum atomic E-state index is -0.740. The average Bonchev–Trinajstić information content (AvgIpc) is 3.24. The maximum atomic E-state index is 13.5. The molecule has 6 heteroatoms. The molecule has 1 fully saturated rings. The predicted molar refractivity (Wildman–Crippen MR) is 68.5 cm³/mol. The molecule has 0 radical (unpaired) electrons. The molecule has 2 N–H and O–H groups in total. The van der Waals surface area contributed by atoms with Gasteiger partial charge in [0.2, 0.25) is 5.91 Å². The fourth-order valence-electron chi connectivity index (χ4n) is 1.81. The summed E-state index contributed by atoms with van der Waals surface area (Å²) in [5.74, 6) is -1.28. The first kappa shape index (κ1) is 14.4. The second-order valence-electron chi connectivity index (χ2n) is 4.77. The van der Waals surface area contributed by atoms with Crippen molar-refractivity contribution in [1.82, 2.24) is 10.6 Å². The average molecular weight is 279 g/mol. The number of nitriles is 1. The quantitative estimate of drug-likeness (QED) is 0.775. The summed E-state index contributed by atoms with van der Waals surface area (Å²) in [6.07, 6.45) is 1.89. The normalized spacial score (nSPS) is 13.8. The fraction of sp³-hybridized carbons (Fsp3) is 0.429. The predicted octanol–water partition coefficient (Wildman–Crippen LogP) is 1.45. The number of nitrogens with zero attached hydrogens (tertiary/aromatic N) is 1. The van der Waals surface area contributed by atoms with E-state index in [4.69, 9.17) is 5.26 Å². The third-order valence-electron chi connectivity index (χ3n) is 3.12. The van der Waals surface area contributed by atoms with E-state index in [0.29, 0.717) is 13.1 Å². The number of hydrogen-bond donors (Lipinski definition) is 2. The van der Waals surface area contributed by atoms with Gasteiger partial charge in [-0.1, -0.05) is 0 Å². The second kappa shape index (κ2) is 6.44. The van der Waals surface area contributed by atoms with Crippen LogP contribution in [0.4, 0.5) is 8.78 Å². The zero-order chi connectivity index (χ0) is 14.5. The molecule has 1 aliphatic carbocycles. The lowest BCUT2D eigenvalue weighted by Gasteiger charge is -2.08. The third-order valence-corrected chi connectivity index (χ3v) is 3.12. The Morgan fingerprint density at radius 3 is 2.50 bits per heavy atom. The Hall–Kier alpha value is -2.00. The maximum Gasteiger partial charge on any atom is 0.223 e. The second-order valence-corrected chi connectivity index (χ2v) is 4.77. The molecule has 1 aromatic carbocycles. The van der Waals surface area contributed by atoms with E-state index in [1.807, 2.05) is 0 Å². The van der Waals surface area contributed by atoms with E-state index in [1.165, 1.54) is 0 Å². The molecule has 0 atom stereocenters. The Bertz CT molecular complexity index is 527. The van der Waals surface area contributed by atoms with Crippen LogP contribution in [0.3, 0.4) is 0 Å². The van der Waals surface area contributed by atoms with Crippen LogP contribution in [0.2, 0.25) is 0 Å². The summed E-state index contributed by atoms with van der Waals surface area (Å²) in [6.45, 7) is 0.870. The topological polar surface area (TPSA) is 64.9 Å². The van der Waals surface area contributed by atoms with Gasteiger partial charge in [0.25, 0.3) is 0 Å². The standard InChI is InChI=1S/C14H15F2N3O/c15-12-5-9(7-17)6-13(16)11(12)8-18-3-4-19-14(20)10-1-2-10/h5-6,10,18H,1-4,8H2,(H,19,20). The highest BCUT2D eigenvalue weighted by atomic mass is 19.1. The van der Waals surface area contributed by atoms with Crippen molar-refractivity contribution in [2.45, 2.75) is 19.4 Å². The summed E-state index contributed by atoms with van der Waals surface area (Å²) < 4.78 is 27.1. The van der Waals surface area contributed by atoms with Crippen LogP contribution in [0.5, 0.6) is 0 Å². The number of amides is 1. The lowest BCUT2D eigenvalue weighted by molar-refractivity contribution is -0.122. The van der Waals surface area contributed by atoms with Gasteiger partial charge in [0, 0.05) is 31.1 Å². The number of halogens is 2. The van der Waals surface area contributed by atoms with Crippen molar-refractivity contribution in [3.8, 4) is 6.07 Å². The van der Waals surface area contributed by atoms with Crippen molar-refractivity contribution in [1.29, 1.82) is 5.26 Å². The molecule has 0 aromatic heterocycles. The van der Waals surface area contributed by atoms with E-state index < -0.39 is 11.6 Å². The molecular weight excluding hydrogens is 264 g/mol. The molecule has 1 amide bonds. The highest BCUT2D eigenvalue weighted by molar-refractivity contribution is 5.80. The van der Waals surface area contributed by atoms with E-state index in [2.05, 4.69) is 10.6 Å². The Kier molecular flexibility index (Phi) is 4.64.